The zero-order chi connectivity index (χ0) is 19.4. The maximum atomic E-state index is 6.43. The number of aryl methyl sites for hydroxylation is 1. The van der Waals surface area contributed by atoms with Crippen LogP contribution < -0.4 is 0 Å². The Bertz CT molecular complexity index is 888. The Morgan fingerprint density at radius 1 is 0.963 bits per heavy atom. The van der Waals surface area contributed by atoms with Crippen LogP contribution in [0.3, 0.4) is 0 Å². The molecule has 1 heterocycles. The van der Waals surface area contributed by atoms with Crippen LogP contribution >= 0.6 is 11.6 Å². The molecule has 0 spiro atoms. The van der Waals surface area contributed by atoms with Gasteiger partial charge in [-0.05, 0) is 12.5 Å². The summed E-state index contributed by atoms with van der Waals surface area (Å²) in [6.07, 6.45) is 0.431. The summed E-state index contributed by atoms with van der Waals surface area (Å²) in [6, 6.07) is 18.4. The Labute approximate surface area is 166 Å². The van der Waals surface area contributed by atoms with Gasteiger partial charge < -0.3 is 4.74 Å². The predicted octanol–water partition coefficient (Wildman–Crippen LogP) is 6.37. The first-order valence-electron chi connectivity index (χ1n) is 9.12. The molecule has 2 aromatic rings. The molecule has 27 heavy (non-hydrogen) atoms. The minimum absolute atomic E-state index is 0.217. The number of halogens is 1. The van der Waals surface area contributed by atoms with Gasteiger partial charge in [-0.3, -0.25) is 0 Å². The fourth-order valence-electron chi connectivity index (χ4n) is 2.70. The van der Waals surface area contributed by atoms with Crippen molar-refractivity contribution < 1.29 is 4.74 Å². The van der Waals surface area contributed by atoms with E-state index in [1.165, 1.54) is 5.56 Å². The SMILES string of the molecule is Cc1ccc(C2=C(OCc3ccccc3)CC(Cl)=NC(C(C)(C)C)=N2)cc1. The number of benzene rings is 2. The molecule has 0 N–H and O–H groups in total. The first kappa shape index (κ1) is 19.4. The third kappa shape index (κ3) is 5.08. The van der Waals surface area contributed by atoms with E-state index in [0.29, 0.717) is 24.0 Å². The molecule has 1 aliphatic heterocycles. The monoisotopic (exact) mass is 380 g/mol. The summed E-state index contributed by atoms with van der Waals surface area (Å²) in [4.78, 5) is 9.45. The van der Waals surface area contributed by atoms with Crippen LogP contribution in [0.15, 0.2) is 70.3 Å². The second kappa shape index (κ2) is 8.10. The van der Waals surface area contributed by atoms with E-state index in [2.05, 4.69) is 57.0 Å². The highest BCUT2D eigenvalue weighted by atomic mass is 35.5. The number of nitrogens with zero attached hydrogens (tertiary/aromatic N) is 2. The lowest BCUT2D eigenvalue weighted by Gasteiger charge is -2.18. The smallest absolute Gasteiger partial charge is 0.135 e. The van der Waals surface area contributed by atoms with E-state index < -0.39 is 0 Å². The van der Waals surface area contributed by atoms with Crippen molar-refractivity contribution in [3.8, 4) is 0 Å². The summed E-state index contributed by atoms with van der Waals surface area (Å²) in [5.74, 6) is 1.46. The molecule has 3 nitrogen and oxygen atoms in total. The molecule has 1 aliphatic rings. The third-order valence-corrected chi connectivity index (χ3v) is 4.49. The quantitative estimate of drug-likeness (QED) is 0.607. The van der Waals surface area contributed by atoms with Crippen molar-refractivity contribution in [3.05, 3.63) is 77.0 Å². The van der Waals surface area contributed by atoms with Crippen LogP contribution in [0.4, 0.5) is 0 Å². The van der Waals surface area contributed by atoms with Crippen molar-refractivity contribution >= 4 is 28.3 Å². The number of allylic oxidation sites excluding steroid dienone is 1. The average molecular weight is 381 g/mol. The Balaban J connectivity index is 2.04. The molecular weight excluding hydrogens is 356 g/mol. The largest absolute Gasteiger partial charge is 0.491 e. The minimum atomic E-state index is -0.217. The highest BCUT2D eigenvalue weighted by Gasteiger charge is 2.25. The molecule has 0 saturated heterocycles. The van der Waals surface area contributed by atoms with E-state index >= 15 is 0 Å². The number of ether oxygens (including phenoxy) is 1. The highest BCUT2D eigenvalue weighted by Crippen LogP contribution is 2.31. The summed E-state index contributed by atoms with van der Waals surface area (Å²) in [6.45, 7) is 8.80. The van der Waals surface area contributed by atoms with Crippen LogP contribution in [0.25, 0.3) is 5.70 Å². The van der Waals surface area contributed by atoms with Crippen LogP contribution in [0.1, 0.15) is 43.9 Å². The Hall–Kier alpha value is -2.39. The van der Waals surface area contributed by atoms with Crippen molar-refractivity contribution in [2.24, 2.45) is 15.4 Å². The summed E-state index contributed by atoms with van der Waals surface area (Å²) >= 11 is 6.43. The number of rotatable bonds is 4. The van der Waals surface area contributed by atoms with Crippen LogP contribution in [0, 0.1) is 12.3 Å². The number of hydrogen-bond donors (Lipinski definition) is 0. The van der Waals surface area contributed by atoms with Gasteiger partial charge in [-0.1, -0.05) is 92.5 Å². The van der Waals surface area contributed by atoms with Gasteiger partial charge in [-0.2, -0.15) is 0 Å². The van der Waals surface area contributed by atoms with E-state index in [1.807, 2.05) is 30.3 Å². The molecule has 0 atom stereocenters. The molecular formula is C23H25ClN2O. The predicted molar refractivity (Wildman–Crippen MR) is 114 cm³/mol. The topological polar surface area (TPSA) is 34.0 Å². The van der Waals surface area contributed by atoms with Gasteiger partial charge >= 0.3 is 0 Å². The van der Waals surface area contributed by atoms with Gasteiger partial charge in [0.1, 0.15) is 29.1 Å². The lowest BCUT2D eigenvalue weighted by molar-refractivity contribution is 0.198. The summed E-state index contributed by atoms with van der Waals surface area (Å²) < 4.78 is 6.18. The van der Waals surface area contributed by atoms with Crippen molar-refractivity contribution in [3.63, 3.8) is 0 Å². The van der Waals surface area contributed by atoms with E-state index in [-0.39, 0.29) is 5.41 Å². The van der Waals surface area contributed by atoms with Crippen LogP contribution in [-0.2, 0) is 11.3 Å². The van der Waals surface area contributed by atoms with Crippen molar-refractivity contribution in [1.29, 1.82) is 0 Å². The third-order valence-electron chi connectivity index (χ3n) is 4.27. The van der Waals surface area contributed by atoms with Gasteiger partial charge in [-0.15, -0.1) is 0 Å². The molecule has 0 radical (unpaired) electrons. The maximum Gasteiger partial charge on any atom is 0.135 e. The molecule has 0 aromatic heterocycles. The Morgan fingerprint density at radius 2 is 1.63 bits per heavy atom. The zero-order valence-electron chi connectivity index (χ0n) is 16.3. The summed E-state index contributed by atoms with van der Waals surface area (Å²) in [5.41, 5.74) is 3.90. The van der Waals surface area contributed by atoms with Crippen LogP contribution in [0.2, 0.25) is 0 Å². The Kier molecular flexibility index (Phi) is 5.81. The lowest BCUT2D eigenvalue weighted by Crippen LogP contribution is -2.18. The molecule has 0 amide bonds. The molecule has 0 saturated carbocycles. The van der Waals surface area contributed by atoms with Crippen molar-refractivity contribution in [2.45, 2.75) is 40.7 Å². The fourth-order valence-corrected chi connectivity index (χ4v) is 2.90. The van der Waals surface area contributed by atoms with Gasteiger partial charge in [0, 0.05) is 11.0 Å². The van der Waals surface area contributed by atoms with Crippen LogP contribution in [0.5, 0.6) is 0 Å². The first-order chi connectivity index (χ1) is 12.8. The standard InChI is InChI=1S/C23H25ClN2O/c1-16-10-12-18(13-11-16)21-19(27-15-17-8-6-5-7-9-17)14-20(24)25-22(26-21)23(2,3)4/h5-13H,14-15H2,1-4H3. The number of amidine groups is 1. The summed E-state index contributed by atoms with van der Waals surface area (Å²) in [5, 5.41) is 0.494. The molecule has 0 bridgehead atoms. The second-order valence-electron chi connectivity index (χ2n) is 7.76. The van der Waals surface area contributed by atoms with Gasteiger partial charge in [-0.25, -0.2) is 9.98 Å². The van der Waals surface area contributed by atoms with Crippen molar-refractivity contribution in [1.82, 2.24) is 0 Å². The molecule has 3 rings (SSSR count). The maximum absolute atomic E-state index is 6.43. The van der Waals surface area contributed by atoms with Gasteiger partial charge in [0.2, 0.25) is 0 Å². The molecule has 4 heteroatoms. The highest BCUT2D eigenvalue weighted by molar-refractivity contribution is 6.66. The molecule has 0 aliphatic carbocycles. The molecule has 0 fully saturated rings. The van der Waals surface area contributed by atoms with E-state index in [0.717, 1.165) is 22.6 Å². The number of aliphatic imine (C=N–C) groups is 2. The normalized spacial score (nSPS) is 15.1. The molecule has 140 valence electrons. The van der Waals surface area contributed by atoms with E-state index in [9.17, 15) is 0 Å². The number of hydrogen-bond acceptors (Lipinski definition) is 3. The molecule has 0 unspecified atom stereocenters. The van der Waals surface area contributed by atoms with Gasteiger partial charge in [0.05, 0.1) is 6.42 Å². The average Bonchev–Trinajstić information content (AvgIpc) is 2.80. The van der Waals surface area contributed by atoms with Gasteiger partial charge in [0.15, 0.2) is 0 Å². The Morgan fingerprint density at radius 3 is 2.26 bits per heavy atom. The van der Waals surface area contributed by atoms with Crippen LogP contribution in [-0.4, -0.2) is 11.0 Å². The van der Waals surface area contributed by atoms with Gasteiger partial charge in [0.25, 0.3) is 0 Å². The fraction of sp³-hybridized carbons (Fsp3) is 0.304. The van der Waals surface area contributed by atoms with E-state index in [4.69, 9.17) is 21.3 Å². The van der Waals surface area contributed by atoms with Crippen molar-refractivity contribution in [2.75, 3.05) is 0 Å². The first-order valence-corrected chi connectivity index (χ1v) is 9.50. The minimum Gasteiger partial charge on any atom is -0.491 e. The molecule has 2 aromatic carbocycles. The van der Waals surface area contributed by atoms with E-state index in [1.54, 1.807) is 0 Å². The lowest BCUT2D eigenvalue weighted by atomic mass is 9.95. The summed E-state index contributed by atoms with van der Waals surface area (Å²) in [7, 11) is 0. The zero-order valence-corrected chi connectivity index (χ0v) is 17.0. The second-order valence-corrected chi connectivity index (χ2v) is 8.20.